The summed E-state index contributed by atoms with van der Waals surface area (Å²) in [7, 11) is 0. The molecule has 2 aliphatic heterocycles. The highest BCUT2D eigenvalue weighted by molar-refractivity contribution is 5.98. The zero-order chi connectivity index (χ0) is 28.4. The van der Waals surface area contributed by atoms with Gasteiger partial charge >= 0.3 is 0 Å². The van der Waals surface area contributed by atoms with Crippen LogP contribution in [-0.2, 0) is 11.3 Å². The molecule has 5 nitrogen and oxygen atoms in total. The van der Waals surface area contributed by atoms with Crippen molar-refractivity contribution >= 4 is 17.5 Å². The van der Waals surface area contributed by atoms with Crippen LogP contribution in [0.25, 0.3) is 0 Å². The third-order valence-corrected chi connectivity index (χ3v) is 8.84. The Bertz CT molecular complexity index is 1370. The molecule has 2 saturated heterocycles. The molecule has 3 atom stereocenters. The van der Waals surface area contributed by atoms with Gasteiger partial charge in [-0.05, 0) is 106 Å². The maximum atomic E-state index is 14.9. The maximum absolute atomic E-state index is 14.9. The third kappa shape index (κ3) is 5.83. The minimum Gasteiger partial charge on any atom is -0.331 e. The predicted octanol–water partition coefficient (Wildman–Crippen LogP) is 6.97. The van der Waals surface area contributed by atoms with E-state index in [0.29, 0.717) is 31.0 Å². The van der Waals surface area contributed by atoms with E-state index in [4.69, 9.17) is 0 Å². The molecule has 3 aromatic carbocycles. The molecule has 0 spiro atoms. The second kappa shape index (κ2) is 11.9. The van der Waals surface area contributed by atoms with Crippen LogP contribution < -0.4 is 5.32 Å². The fraction of sp³-hybridized carbons (Fsp3) is 0.412. The standard InChI is InChI=1S/C34H40FN3O2/c1-22-12-17-28(20-24(22)3)36-33(39)29-10-7-19-38(34(40)31-23(2)8-5-11-30(31)35)32(29)27-15-13-26(14-16-27)21-37-18-6-9-25(37)4/h5,8,11-17,20,25,29,32H,6-7,9-10,18-19,21H2,1-4H3,(H,36,39)/t25?,29-,32-/m0/s1. The number of nitrogens with zero attached hydrogens (tertiary/aromatic N) is 2. The molecule has 0 aliphatic carbocycles. The lowest BCUT2D eigenvalue weighted by molar-refractivity contribution is -0.123. The molecule has 0 aromatic heterocycles. The lowest BCUT2D eigenvalue weighted by Gasteiger charge is -2.41. The van der Waals surface area contributed by atoms with Crippen LogP contribution in [0.4, 0.5) is 10.1 Å². The summed E-state index contributed by atoms with van der Waals surface area (Å²) >= 11 is 0. The number of carbonyl (C=O) groups excluding carboxylic acids is 2. The number of piperidine rings is 1. The second-order valence-electron chi connectivity index (χ2n) is 11.6. The van der Waals surface area contributed by atoms with Crippen LogP contribution in [0.15, 0.2) is 60.7 Å². The van der Waals surface area contributed by atoms with Gasteiger partial charge in [0.1, 0.15) is 5.82 Å². The van der Waals surface area contributed by atoms with E-state index < -0.39 is 17.8 Å². The van der Waals surface area contributed by atoms with Gasteiger partial charge in [0, 0.05) is 24.8 Å². The van der Waals surface area contributed by atoms with Crippen LogP contribution in [0.5, 0.6) is 0 Å². The number of hydrogen-bond acceptors (Lipinski definition) is 3. The van der Waals surface area contributed by atoms with Crippen LogP contribution in [0.2, 0.25) is 0 Å². The fourth-order valence-corrected chi connectivity index (χ4v) is 6.29. The van der Waals surface area contributed by atoms with Gasteiger partial charge in [-0.25, -0.2) is 4.39 Å². The van der Waals surface area contributed by atoms with Gasteiger partial charge in [-0.1, -0.05) is 42.5 Å². The number of anilines is 1. The van der Waals surface area contributed by atoms with Gasteiger partial charge in [-0.2, -0.15) is 0 Å². The number of rotatable bonds is 6. The molecule has 2 amide bonds. The van der Waals surface area contributed by atoms with Crippen molar-refractivity contribution in [1.29, 1.82) is 0 Å². The van der Waals surface area contributed by atoms with Gasteiger partial charge in [0.25, 0.3) is 5.91 Å². The Morgan fingerprint density at radius 1 is 0.900 bits per heavy atom. The lowest BCUT2D eigenvalue weighted by atomic mass is 9.83. The summed E-state index contributed by atoms with van der Waals surface area (Å²) in [6.45, 7) is 10.6. The summed E-state index contributed by atoms with van der Waals surface area (Å²) in [6.07, 6.45) is 3.77. The molecule has 0 radical (unpaired) electrons. The first kappa shape index (κ1) is 28.0. The summed E-state index contributed by atoms with van der Waals surface area (Å²) in [5.41, 5.74) is 5.81. The van der Waals surface area contributed by atoms with E-state index in [1.165, 1.54) is 24.5 Å². The molecule has 2 fully saturated rings. The maximum Gasteiger partial charge on any atom is 0.257 e. The van der Waals surface area contributed by atoms with Crippen LogP contribution in [-0.4, -0.2) is 40.7 Å². The first-order valence-electron chi connectivity index (χ1n) is 14.5. The molecule has 1 unspecified atom stereocenters. The summed E-state index contributed by atoms with van der Waals surface area (Å²) in [6, 6.07) is 19.0. The summed E-state index contributed by atoms with van der Waals surface area (Å²) in [5, 5.41) is 3.11. The van der Waals surface area contributed by atoms with Crippen molar-refractivity contribution in [3.63, 3.8) is 0 Å². The van der Waals surface area contributed by atoms with Gasteiger partial charge in [-0.15, -0.1) is 0 Å². The monoisotopic (exact) mass is 541 g/mol. The van der Waals surface area contributed by atoms with Crippen molar-refractivity contribution < 1.29 is 14.0 Å². The van der Waals surface area contributed by atoms with Crippen LogP contribution in [0.3, 0.4) is 0 Å². The van der Waals surface area contributed by atoms with Crippen molar-refractivity contribution in [2.75, 3.05) is 18.4 Å². The molecular weight excluding hydrogens is 501 g/mol. The highest BCUT2D eigenvalue weighted by Crippen LogP contribution is 2.39. The van der Waals surface area contributed by atoms with Crippen molar-refractivity contribution in [1.82, 2.24) is 9.80 Å². The number of hydrogen-bond donors (Lipinski definition) is 1. The number of halogens is 1. The largest absolute Gasteiger partial charge is 0.331 e. The van der Waals surface area contributed by atoms with Gasteiger partial charge < -0.3 is 10.2 Å². The predicted molar refractivity (Wildman–Crippen MR) is 158 cm³/mol. The van der Waals surface area contributed by atoms with Crippen LogP contribution >= 0.6 is 0 Å². The molecule has 1 N–H and O–H groups in total. The third-order valence-electron chi connectivity index (χ3n) is 8.84. The average molecular weight is 542 g/mol. The van der Waals surface area contributed by atoms with Gasteiger partial charge in [-0.3, -0.25) is 14.5 Å². The highest BCUT2D eigenvalue weighted by Gasteiger charge is 2.40. The molecule has 5 rings (SSSR count). The van der Waals surface area contributed by atoms with Crippen molar-refractivity contribution in [2.24, 2.45) is 5.92 Å². The van der Waals surface area contributed by atoms with E-state index >= 15 is 0 Å². The van der Waals surface area contributed by atoms with E-state index in [1.807, 2.05) is 32.0 Å². The number of benzene rings is 3. The summed E-state index contributed by atoms with van der Waals surface area (Å²) in [4.78, 5) is 31.9. The van der Waals surface area contributed by atoms with Gasteiger partial charge in [0.05, 0.1) is 17.5 Å². The highest BCUT2D eigenvalue weighted by atomic mass is 19.1. The van der Waals surface area contributed by atoms with E-state index in [9.17, 15) is 14.0 Å². The Morgan fingerprint density at radius 2 is 1.65 bits per heavy atom. The minimum atomic E-state index is -0.527. The molecule has 2 heterocycles. The van der Waals surface area contributed by atoms with Gasteiger partial charge in [0.2, 0.25) is 5.91 Å². The Morgan fingerprint density at radius 3 is 2.33 bits per heavy atom. The molecular formula is C34H40FN3O2. The Hall–Kier alpha value is -3.51. The molecule has 6 heteroatoms. The normalized spacial score (nSPS) is 21.4. The molecule has 2 aliphatic rings. The molecule has 0 bridgehead atoms. The van der Waals surface area contributed by atoms with Crippen LogP contribution in [0.1, 0.15) is 76.8 Å². The smallest absolute Gasteiger partial charge is 0.257 e. The quantitative estimate of drug-likeness (QED) is 0.367. The number of aryl methyl sites for hydroxylation is 3. The van der Waals surface area contributed by atoms with Crippen molar-refractivity contribution in [3.05, 3.63) is 99.9 Å². The molecule has 40 heavy (non-hydrogen) atoms. The zero-order valence-corrected chi connectivity index (χ0v) is 24.0. The summed E-state index contributed by atoms with van der Waals surface area (Å²) < 4.78 is 14.9. The van der Waals surface area contributed by atoms with E-state index in [1.54, 1.807) is 24.0 Å². The van der Waals surface area contributed by atoms with E-state index in [2.05, 4.69) is 41.4 Å². The lowest BCUT2D eigenvalue weighted by Crippen LogP contribution is -2.46. The van der Waals surface area contributed by atoms with E-state index in [-0.39, 0.29) is 17.4 Å². The number of nitrogens with one attached hydrogen (secondary N) is 1. The summed E-state index contributed by atoms with van der Waals surface area (Å²) in [5.74, 6) is -1.47. The fourth-order valence-electron chi connectivity index (χ4n) is 6.29. The molecule has 210 valence electrons. The Labute approximate surface area is 237 Å². The second-order valence-corrected chi connectivity index (χ2v) is 11.6. The first-order chi connectivity index (χ1) is 19.2. The minimum absolute atomic E-state index is 0.0855. The van der Waals surface area contributed by atoms with E-state index in [0.717, 1.165) is 35.5 Å². The molecule has 3 aromatic rings. The van der Waals surface area contributed by atoms with Crippen LogP contribution in [0, 0.1) is 32.5 Å². The number of likely N-dealkylation sites (tertiary alicyclic amines) is 2. The van der Waals surface area contributed by atoms with Crippen molar-refractivity contribution in [3.8, 4) is 0 Å². The number of amides is 2. The van der Waals surface area contributed by atoms with Crippen molar-refractivity contribution in [2.45, 2.75) is 72.0 Å². The zero-order valence-electron chi connectivity index (χ0n) is 24.0. The number of carbonyl (C=O) groups is 2. The average Bonchev–Trinajstić information content (AvgIpc) is 3.34. The Balaban J connectivity index is 1.47. The van der Waals surface area contributed by atoms with Gasteiger partial charge in [0.15, 0.2) is 0 Å². The molecule has 0 saturated carbocycles. The first-order valence-corrected chi connectivity index (χ1v) is 14.5. The SMILES string of the molecule is Cc1ccc(NC(=O)[C@H]2CCCN(C(=O)c3c(C)cccc3F)[C@H]2c2ccc(CN3CCCC3C)cc2)cc1C. The Kier molecular flexibility index (Phi) is 8.36. The topological polar surface area (TPSA) is 52.7 Å².